The lowest BCUT2D eigenvalue weighted by molar-refractivity contribution is 0.591. The zero-order valence-corrected chi connectivity index (χ0v) is 44.1. The maximum Gasteiger partial charge on any atom is 0.277 e. The molecule has 0 bridgehead atoms. The molecule has 13 rings (SSSR count). The van der Waals surface area contributed by atoms with Gasteiger partial charge in [-0.1, -0.05) is 96.1 Å². The Morgan fingerprint density at radius 3 is 1.22 bits per heavy atom. The number of fused-ring (bicyclic) bond motifs is 10. The molecule has 6 heterocycles. The first-order chi connectivity index (χ1) is 33.1. The van der Waals surface area contributed by atoms with Gasteiger partial charge in [0.1, 0.15) is 0 Å². The molecule has 0 radical (unpaired) electrons. The molecule has 4 aromatic heterocycles. The molecule has 2 aliphatic rings. The molecule has 69 heavy (non-hydrogen) atoms. The van der Waals surface area contributed by atoms with Gasteiger partial charge in [-0.25, -0.2) is 0 Å². The minimum atomic E-state index is 0.000907. The molecule has 0 saturated heterocycles. The van der Waals surface area contributed by atoms with Crippen molar-refractivity contribution in [1.82, 2.24) is 0 Å². The van der Waals surface area contributed by atoms with Gasteiger partial charge in [-0.15, -0.1) is 45.3 Å². The average molecular weight is 965 g/mol. The highest BCUT2D eigenvalue weighted by atomic mass is 32.1. The summed E-state index contributed by atoms with van der Waals surface area (Å²) in [7, 11) is 0. The third-order valence-electron chi connectivity index (χ3n) is 14.9. The fourth-order valence-corrected chi connectivity index (χ4v) is 16.2. The van der Waals surface area contributed by atoms with Crippen molar-refractivity contribution in [2.75, 3.05) is 9.80 Å². The van der Waals surface area contributed by atoms with Crippen molar-refractivity contribution in [2.45, 2.75) is 80.1 Å². The molecule has 11 aromatic rings. The van der Waals surface area contributed by atoms with Crippen molar-refractivity contribution in [3.05, 3.63) is 172 Å². The molecular weight excluding hydrogens is 912 g/mol. The second kappa shape index (κ2) is 15.3. The SMILES string of the molecule is Cc1cc(-c2csc3ccccc23)cc(C)c1N1c2cccc3c2B(c2sc4ccc(C(C)(C)C)cc4c21)c1sc2ccc(C(C)(C)C)cc2c1N3c1c(C)cc(-c2csc3ccccc23)cc1C. The normalized spacial score (nSPS) is 13.6. The van der Waals surface area contributed by atoms with Crippen LogP contribution >= 0.6 is 45.3 Å². The third-order valence-corrected chi connectivity index (χ3v) is 19.3. The van der Waals surface area contributed by atoms with Crippen LogP contribution in [0.2, 0.25) is 0 Å². The van der Waals surface area contributed by atoms with Gasteiger partial charge in [-0.2, -0.15) is 0 Å². The molecule has 0 atom stereocenters. The van der Waals surface area contributed by atoms with Crippen molar-refractivity contribution in [1.29, 1.82) is 0 Å². The monoisotopic (exact) mass is 964 g/mol. The third kappa shape index (κ3) is 6.46. The van der Waals surface area contributed by atoms with Gasteiger partial charge in [0, 0.05) is 72.4 Å². The van der Waals surface area contributed by atoms with E-state index < -0.39 is 0 Å². The molecule has 2 aliphatic heterocycles. The maximum absolute atomic E-state index is 2.69. The van der Waals surface area contributed by atoms with E-state index in [1.54, 1.807) is 0 Å². The zero-order chi connectivity index (χ0) is 47.4. The number of hydrogen-bond donors (Lipinski definition) is 0. The number of thiophene rings is 4. The Labute approximate surface area is 422 Å². The van der Waals surface area contributed by atoms with Crippen molar-refractivity contribution < 1.29 is 0 Å². The van der Waals surface area contributed by atoms with Crippen molar-refractivity contribution >= 4 is 142 Å². The molecule has 0 fully saturated rings. The maximum atomic E-state index is 2.69. The second-order valence-corrected chi connectivity index (χ2v) is 25.6. The zero-order valence-electron chi connectivity index (χ0n) is 40.9. The van der Waals surface area contributed by atoms with Gasteiger partial charge in [-0.3, -0.25) is 0 Å². The van der Waals surface area contributed by atoms with Crippen LogP contribution in [0.3, 0.4) is 0 Å². The summed E-state index contributed by atoms with van der Waals surface area (Å²) in [6.07, 6.45) is 0. The van der Waals surface area contributed by atoms with Crippen LogP contribution in [0.4, 0.5) is 34.1 Å². The standard InChI is InChI=1S/C62H53BN2S4/c1-34-26-38(46-32-66-50-20-13-11-16-42(46)50)27-35(2)55(34)64-48-18-15-19-49-54(48)63(59-57(64)44-30-40(61(5,6)7)22-24-52(44)68-59)60-58(45-31-41(62(8,9)10)23-25-53(45)69-60)65(49)56-36(3)28-39(29-37(56)4)47-33-67-51-21-14-12-17-43(47)51/h11-33H,1-10H3. The largest absolute Gasteiger partial charge is 0.309 e. The number of nitrogens with zero attached hydrogens (tertiary/aromatic N) is 2. The number of anilines is 6. The van der Waals surface area contributed by atoms with Crippen LogP contribution in [-0.4, -0.2) is 6.71 Å². The van der Waals surface area contributed by atoms with Gasteiger partial charge in [-0.05, 0) is 172 Å². The number of rotatable bonds is 4. The highest BCUT2D eigenvalue weighted by Gasteiger charge is 2.48. The van der Waals surface area contributed by atoms with Crippen molar-refractivity contribution in [3.8, 4) is 22.3 Å². The molecule has 0 unspecified atom stereocenters. The summed E-state index contributed by atoms with van der Waals surface area (Å²) in [5.74, 6) is 0. The molecule has 7 heteroatoms. The summed E-state index contributed by atoms with van der Waals surface area (Å²) in [5, 5.41) is 10.0. The van der Waals surface area contributed by atoms with E-state index in [-0.39, 0.29) is 17.5 Å². The van der Waals surface area contributed by atoms with E-state index in [2.05, 4.69) is 217 Å². The molecule has 0 aliphatic carbocycles. The Morgan fingerprint density at radius 2 is 0.812 bits per heavy atom. The summed E-state index contributed by atoms with van der Waals surface area (Å²) in [6.45, 7) is 23.5. The van der Waals surface area contributed by atoms with Crippen LogP contribution in [0.15, 0.2) is 138 Å². The van der Waals surface area contributed by atoms with Crippen LogP contribution < -0.4 is 24.8 Å². The van der Waals surface area contributed by atoms with E-state index in [4.69, 9.17) is 0 Å². The Balaban J connectivity index is 1.10. The number of benzene rings is 7. The van der Waals surface area contributed by atoms with E-state index in [9.17, 15) is 0 Å². The minimum absolute atomic E-state index is 0.000907. The number of hydrogen-bond acceptors (Lipinski definition) is 6. The van der Waals surface area contributed by atoms with Crippen LogP contribution in [-0.2, 0) is 10.8 Å². The first-order valence-electron chi connectivity index (χ1n) is 24.2. The molecule has 0 saturated carbocycles. The summed E-state index contributed by atoms with van der Waals surface area (Å²) < 4.78 is 8.20. The topological polar surface area (TPSA) is 6.48 Å². The summed E-state index contributed by atoms with van der Waals surface area (Å²) in [6, 6.07) is 49.2. The van der Waals surface area contributed by atoms with E-state index >= 15 is 0 Å². The van der Waals surface area contributed by atoms with Gasteiger partial charge in [0.2, 0.25) is 0 Å². The Bertz CT molecular complexity index is 3660. The molecule has 2 nitrogen and oxygen atoms in total. The highest BCUT2D eigenvalue weighted by Crippen LogP contribution is 2.54. The lowest BCUT2D eigenvalue weighted by atomic mass is 9.39. The molecule has 7 aromatic carbocycles. The number of aryl methyl sites for hydroxylation is 4. The highest BCUT2D eigenvalue weighted by molar-refractivity contribution is 7.40. The van der Waals surface area contributed by atoms with Gasteiger partial charge < -0.3 is 9.80 Å². The Kier molecular flexibility index (Phi) is 9.54. The predicted octanol–water partition coefficient (Wildman–Crippen LogP) is 17.8. The van der Waals surface area contributed by atoms with Crippen LogP contribution in [0.5, 0.6) is 0 Å². The van der Waals surface area contributed by atoms with E-state index in [0.29, 0.717) is 0 Å². The minimum Gasteiger partial charge on any atom is -0.309 e. The smallest absolute Gasteiger partial charge is 0.277 e. The van der Waals surface area contributed by atoms with E-state index in [0.717, 1.165) is 0 Å². The van der Waals surface area contributed by atoms with Gasteiger partial charge in [0.05, 0.1) is 22.7 Å². The first kappa shape index (κ1) is 43.1. The van der Waals surface area contributed by atoms with Gasteiger partial charge in [0.15, 0.2) is 0 Å². The quantitative estimate of drug-likeness (QED) is 0.162. The average Bonchev–Trinajstić information content (AvgIpc) is 4.12. The van der Waals surface area contributed by atoms with Gasteiger partial charge >= 0.3 is 0 Å². The molecule has 0 spiro atoms. The van der Waals surface area contributed by atoms with Gasteiger partial charge in [0.25, 0.3) is 6.71 Å². The van der Waals surface area contributed by atoms with Crippen molar-refractivity contribution in [3.63, 3.8) is 0 Å². The predicted molar refractivity (Wildman–Crippen MR) is 309 cm³/mol. The van der Waals surface area contributed by atoms with Crippen LogP contribution in [0.25, 0.3) is 62.6 Å². The fraction of sp³-hybridized carbons (Fsp3) is 0.194. The molecule has 338 valence electrons. The van der Waals surface area contributed by atoms with Crippen molar-refractivity contribution in [2.24, 2.45) is 0 Å². The Hall–Kier alpha value is -5.96. The fourth-order valence-electron chi connectivity index (χ4n) is 11.6. The lowest BCUT2D eigenvalue weighted by Gasteiger charge is -2.43. The molecule has 0 N–H and O–H groups in total. The molecule has 0 amide bonds. The summed E-state index contributed by atoms with van der Waals surface area (Å²) in [5.41, 5.74) is 22.2. The first-order valence-corrected chi connectivity index (χ1v) is 27.6. The lowest BCUT2D eigenvalue weighted by Crippen LogP contribution is -2.59. The van der Waals surface area contributed by atoms with E-state index in [1.807, 2.05) is 45.3 Å². The summed E-state index contributed by atoms with van der Waals surface area (Å²) >= 11 is 7.68. The Morgan fingerprint density at radius 1 is 0.406 bits per heavy atom. The summed E-state index contributed by atoms with van der Waals surface area (Å²) in [4.78, 5) is 5.38. The second-order valence-electron chi connectivity index (χ2n) is 21.6. The van der Waals surface area contributed by atoms with Crippen LogP contribution in [0, 0.1) is 27.7 Å². The van der Waals surface area contributed by atoms with Crippen LogP contribution in [0.1, 0.15) is 74.9 Å². The molecular formula is C62H53BN2S4. The van der Waals surface area contributed by atoms with E-state index in [1.165, 1.54) is 145 Å².